The number of halogens is 1. The van der Waals surface area contributed by atoms with Gasteiger partial charge < -0.3 is 5.32 Å². The van der Waals surface area contributed by atoms with Crippen LogP contribution in [0.2, 0.25) is 5.02 Å². The first-order valence-electron chi connectivity index (χ1n) is 6.57. The van der Waals surface area contributed by atoms with Gasteiger partial charge in [0.2, 0.25) is 0 Å². The van der Waals surface area contributed by atoms with E-state index >= 15 is 0 Å². The standard InChI is InChI=1S/C15H13ClN4OS/c1-9-13(14(21)19-12-6-7-17-20(12)2)22-15(18-9)10-4-3-5-11(16)8-10/h3-8H,1-2H3,(H,19,21). The van der Waals surface area contributed by atoms with Gasteiger partial charge in [-0.15, -0.1) is 11.3 Å². The summed E-state index contributed by atoms with van der Waals surface area (Å²) in [7, 11) is 1.77. The van der Waals surface area contributed by atoms with Gasteiger partial charge in [-0.25, -0.2) is 4.98 Å². The maximum Gasteiger partial charge on any atom is 0.268 e. The summed E-state index contributed by atoms with van der Waals surface area (Å²) in [5, 5.41) is 8.27. The van der Waals surface area contributed by atoms with Gasteiger partial charge in [0.1, 0.15) is 15.7 Å². The van der Waals surface area contributed by atoms with Gasteiger partial charge in [0, 0.05) is 23.7 Å². The average Bonchev–Trinajstić information content (AvgIpc) is 3.06. The van der Waals surface area contributed by atoms with Crippen molar-refractivity contribution in [3.8, 4) is 10.6 Å². The average molecular weight is 333 g/mol. The Morgan fingerprint density at radius 2 is 2.18 bits per heavy atom. The van der Waals surface area contributed by atoms with Crippen molar-refractivity contribution in [2.24, 2.45) is 7.05 Å². The van der Waals surface area contributed by atoms with Crippen LogP contribution in [0.25, 0.3) is 10.6 Å². The minimum absolute atomic E-state index is 0.188. The summed E-state index contributed by atoms with van der Waals surface area (Å²) in [4.78, 5) is 17.4. The van der Waals surface area contributed by atoms with E-state index in [0.29, 0.717) is 21.4 Å². The third-order valence-electron chi connectivity index (χ3n) is 3.14. The topological polar surface area (TPSA) is 59.8 Å². The molecule has 0 unspecified atom stereocenters. The molecule has 1 N–H and O–H groups in total. The van der Waals surface area contributed by atoms with E-state index in [1.54, 1.807) is 24.0 Å². The molecule has 0 saturated carbocycles. The lowest BCUT2D eigenvalue weighted by Crippen LogP contribution is -2.14. The van der Waals surface area contributed by atoms with Gasteiger partial charge in [0.05, 0.1) is 11.9 Å². The molecule has 0 bridgehead atoms. The highest BCUT2D eigenvalue weighted by atomic mass is 35.5. The van der Waals surface area contributed by atoms with Crippen LogP contribution in [-0.2, 0) is 7.05 Å². The molecule has 0 aliphatic rings. The Bertz CT molecular complexity index is 840. The molecule has 3 aromatic rings. The molecule has 0 aliphatic heterocycles. The fourth-order valence-electron chi connectivity index (χ4n) is 2.02. The van der Waals surface area contributed by atoms with Crippen LogP contribution in [0.15, 0.2) is 36.5 Å². The molecule has 0 radical (unpaired) electrons. The van der Waals surface area contributed by atoms with Crippen LogP contribution >= 0.6 is 22.9 Å². The number of hydrogen-bond donors (Lipinski definition) is 1. The van der Waals surface area contributed by atoms with Crippen molar-refractivity contribution in [2.45, 2.75) is 6.92 Å². The largest absolute Gasteiger partial charge is 0.306 e. The molecular weight excluding hydrogens is 320 g/mol. The number of amides is 1. The van der Waals surface area contributed by atoms with Crippen molar-refractivity contribution in [1.82, 2.24) is 14.8 Å². The maximum absolute atomic E-state index is 12.4. The number of anilines is 1. The summed E-state index contributed by atoms with van der Waals surface area (Å²) < 4.78 is 1.60. The minimum Gasteiger partial charge on any atom is -0.306 e. The summed E-state index contributed by atoms with van der Waals surface area (Å²) in [6.45, 7) is 1.82. The smallest absolute Gasteiger partial charge is 0.268 e. The highest BCUT2D eigenvalue weighted by Crippen LogP contribution is 2.29. The fraction of sp³-hybridized carbons (Fsp3) is 0.133. The molecule has 5 nitrogen and oxygen atoms in total. The Kier molecular flexibility index (Phi) is 3.96. The number of benzene rings is 1. The van der Waals surface area contributed by atoms with E-state index in [2.05, 4.69) is 15.4 Å². The van der Waals surface area contributed by atoms with Gasteiger partial charge >= 0.3 is 0 Å². The molecule has 1 amide bonds. The Morgan fingerprint density at radius 3 is 2.86 bits per heavy atom. The Morgan fingerprint density at radius 1 is 1.36 bits per heavy atom. The van der Waals surface area contributed by atoms with E-state index in [0.717, 1.165) is 10.6 Å². The quantitative estimate of drug-likeness (QED) is 0.794. The number of carbonyl (C=O) groups is 1. The second-order valence-electron chi connectivity index (χ2n) is 4.74. The maximum atomic E-state index is 12.4. The predicted molar refractivity (Wildman–Crippen MR) is 88.5 cm³/mol. The molecule has 0 saturated heterocycles. The van der Waals surface area contributed by atoms with Gasteiger partial charge in [-0.05, 0) is 19.1 Å². The number of nitrogens with zero attached hydrogens (tertiary/aromatic N) is 3. The predicted octanol–water partition coefficient (Wildman–Crippen LogP) is 3.76. The first kappa shape index (κ1) is 14.7. The van der Waals surface area contributed by atoms with E-state index in [-0.39, 0.29) is 5.91 Å². The lowest BCUT2D eigenvalue weighted by molar-refractivity contribution is 0.102. The van der Waals surface area contributed by atoms with Gasteiger partial charge in [-0.3, -0.25) is 9.48 Å². The zero-order chi connectivity index (χ0) is 15.7. The van der Waals surface area contributed by atoms with Crippen molar-refractivity contribution in [1.29, 1.82) is 0 Å². The fourth-order valence-corrected chi connectivity index (χ4v) is 3.17. The second kappa shape index (κ2) is 5.90. The Labute approximate surface area is 136 Å². The van der Waals surface area contributed by atoms with Crippen molar-refractivity contribution < 1.29 is 4.79 Å². The summed E-state index contributed by atoms with van der Waals surface area (Å²) >= 11 is 7.35. The van der Waals surface area contributed by atoms with Gasteiger partial charge in [-0.1, -0.05) is 23.7 Å². The van der Waals surface area contributed by atoms with E-state index in [9.17, 15) is 4.79 Å². The lowest BCUT2D eigenvalue weighted by atomic mass is 10.2. The molecule has 0 fully saturated rings. The van der Waals surface area contributed by atoms with Crippen LogP contribution in [0.5, 0.6) is 0 Å². The van der Waals surface area contributed by atoms with Crippen LogP contribution in [0, 0.1) is 6.92 Å². The third-order valence-corrected chi connectivity index (χ3v) is 4.58. The number of rotatable bonds is 3. The number of thiazole rings is 1. The highest BCUT2D eigenvalue weighted by molar-refractivity contribution is 7.17. The zero-order valence-electron chi connectivity index (χ0n) is 12.0. The summed E-state index contributed by atoms with van der Waals surface area (Å²) in [5.41, 5.74) is 1.60. The normalized spacial score (nSPS) is 10.7. The number of carbonyl (C=O) groups excluding carboxylic acids is 1. The zero-order valence-corrected chi connectivity index (χ0v) is 13.6. The van der Waals surface area contributed by atoms with Crippen LogP contribution < -0.4 is 5.32 Å². The number of nitrogens with one attached hydrogen (secondary N) is 1. The van der Waals surface area contributed by atoms with Gasteiger partial charge in [-0.2, -0.15) is 5.10 Å². The molecule has 7 heteroatoms. The van der Waals surface area contributed by atoms with Crippen molar-refractivity contribution in [3.05, 3.63) is 52.1 Å². The molecule has 22 heavy (non-hydrogen) atoms. The van der Waals surface area contributed by atoms with E-state index in [1.165, 1.54) is 11.3 Å². The molecule has 2 heterocycles. The van der Waals surface area contributed by atoms with Crippen LogP contribution in [0.4, 0.5) is 5.82 Å². The minimum atomic E-state index is -0.188. The SMILES string of the molecule is Cc1nc(-c2cccc(Cl)c2)sc1C(=O)Nc1ccnn1C. The van der Waals surface area contributed by atoms with Crippen LogP contribution in [0.3, 0.4) is 0 Å². The van der Waals surface area contributed by atoms with Crippen LogP contribution in [0.1, 0.15) is 15.4 Å². The Hall–Kier alpha value is -2.18. The molecule has 0 atom stereocenters. The molecule has 1 aromatic carbocycles. The van der Waals surface area contributed by atoms with E-state index < -0.39 is 0 Å². The molecule has 0 aliphatic carbocycles. The molecule has 0 spiro atoms. The van der Waals surface area contributed by atoms with Crippen molar-refractivity contribution in [3.63, 3.8) is 0 Å². The molecular formula is C15H13ClN4OS. The molecule has 112 valence electrons. The first-order valence-corrected chi connectivity index (χ1v) is 7.77. The summed E-state index contributed by atoms with van der Waals surface area (Å²) in [6.07, 6.45) is 1.63. The van der Waals surface area contributed by atoms with E-state index in [1.807, 2.05) is 31.2 Å². The van der Waals surface area contributed by atoms with Gasteiger partial charge in [0.25, 0.3) is 5.91 Å². The second-order valence-corrected chi connectivity index (χ2v) is 6.17. The van der Waals surface area contributed by atoms with Crippen molar-refractivity contribution >= 4 is 34.7 Å². The van der Waals surface area contributed by atoms with Gasteiger partial charge in [0.15, 0.2) is 0 Å². The number of hydrogen-bond acceptors (Lipinski definition) is 4. The molecule has 3 rings (SSSR count). The monoisotopic (exact) mass is 332 g/mol. The number of aromatic nitrogens is 3. The third kappa shape index (κ3) is 2.88. The lowest BCUT2D eigenvalue weighted by Gasteiger charge is -2.03. The number of aryl methyl sites for hydroxylation is 2. The summed E-state index contributed by atoms with van der Waals surface area (Å²) in [6, 6.07) is 9.17. The van der Waals surface area contributed by atoms with Crippen LogP contribution in [-0.4, -0.2) is 20.7 Å². The van der Waals surface area contributed by atoms with E-state index in [4.69, 9.17) is 11.6 Å². The highest BCUT2D eigenvalue weighted by Gasteiger charge is 2.17. The Balaban J connectivity index is 1.89. The first-order chi connectivity index (χ1) is 10.5. The summed E-state index contributed by atoms with van der Waals surface area (Å²) in [5.74, 6) is 0.453. The van der Waals surface area contributed by atoms with Crippen molar-refractivity contribution in [2.75, 3.05) is 5.32 Å². The molecule has 2 aromatic heterocycles.